The molecule has 1 amide bonds. The first-order valence-corrected chi connectivity index (χ1v) is 6.50. The summed E-state index contributed by atoms with van der Waals surface area (Å²) in [6.07, 6.45) is 5.55. The molecule has 1 atom stereocenters. The summed E-state index contributed by atoms with van der Waals surface area (Å²) in [7, 11) is 1.62. The zero-order valence-corrected chi connectivity index (χ0v) is 11.1. The Balaban J connectivity index is 1.85. The van der Waals surface area contributed by atoms with E-state index in [1.165, 1.54) is 6.08 Å². The molecule has 1 aromatic carbocycles. The first kappa shape index (κ1) is 13.6. The number of hydrogen-bond acceptors (Lipinski definition) is 3. The van der Waals surface area contributed by atoms with Crippen LogP contribution in [0, 0.1) is 0 Å². The van der Waals surface area contributed by atoms with Gasteiger partial charge in [0.15, 0.2) is 0 Å². The number of hydrogen-bond donors (Lipinski definition) is 1. The van der Waals surface area contributed by atoms with Gasteiger partial charge in [0.05, 0.1) is 13.2 Å². The molecule has 0 saturated carbocycles. The minimum absolute atomic E-state index is 0.110. The topological polar surface area (TPSA) is 47.6 Å². The van der Waals surface area contributed by atoms with Crippen LogP contribution in [0.5, 0.6) is 5.75 Å². The third-order valence-corrected chi connectivity index (χ3v) is 3.08. The number of benzene rings is 1. The molecule has 1 fully saturated rings. The standard InChI is InChI=1S/C15H19NO3/c1-18-14-7-3-2-5-12(14)8-9-15(17)16-11-13-6-4-10-19-13/h2-3,5,7-9,13H,4,6,10-11H2,1H3,(H,16,17)/b9-8+. The van der Waals surface area contributed by atoms with Gasteiger partial charge in [0, 0.05) is 24.8 Å². The van der Waals surface area contributed by atoms with Gasteiger partial charge < -0.3 is 14.8 Å². The van der Waals surface area contributed by atoms with Crippen molar-refractivity contribution in [3.05, 3.63) is 35.9 Å². The number of methoxy groups -OCH3 is 1. The fourth-order valence-corrected chi connectivity index (χ4v) is 2.05. The van der Waals surface area contributed by atoms with Gasteiger partial charge in [0.2, 0.25) is 5.91 Å². The van der Waals surface area contributed by atoms with Crippen LogP contribution in [0.15, 0.2) is 30.3 Å². The van der Waals surface area contributed by atoms with Gasteiger partial charge in [-0.2, -0.15) is 0 Å². The smallest absolute Gasteiger partial charge is 0.244 e. The third kappa shape index (κ3) is 4.10. The number of carbonyl (C=O) groups excluding carboxylic acids is 1. The maximum absolute atomic E-state index is 11.7. The molecule has 1 unspecified atom stereocenters. The van der Waals surface area contributed by atoms with E-state index in [-0.39, 0.29) is 12.0 Å². The van der Waals surface area contributed by atoms with Crippen LogP contribution in [-0.4, -0.2) is 32.3 Å². The van der Waals surface area contributed by atoms with Crippen molar-refractivity contribution in [1.29, 1.82) is 0 Å². The van der Waals surface area contributed by atoms with Crippen LogP contribution in [-0.2, 0) is 9.53 Å². The van der Waals surface area contributed by atoms with Crippen LogP contribution in [0.3, 0.4) is 0 Å². The van der Waals surface area contributed by atoms with E-state index in [1.807, 2.05) is 24.3 Å². The minimum Gasteiger partial charge on any atom is -0.496 e. The van der Waals surface area contributed by atoms with Crippen molar-refractivity contribution in [2.75, 3.05) is 20.3 Å². The van der Waals surface area contributed by atoms with Crippen molar-refractivity contribution in [2.24, 2.45) is 0 Å². The second-order valence-electron chi connectivity index (χ2n) is 4.46. The number of carbonyl (C=O) groups is 1. The Hall–Kier alpha value is -1.81. The lowest BCUT2D eigenvalue weighted by Crippen LogP contribution is -2.30. The molecule has 19 heavy (non-hydrogen) atoms. The lowest BCUT2D eigenvalue weighted by molar-refractivity contribution is -0.116. The Morgan fingerprint density at radius 3 is 3.11 bits per heavy atom. The molecule has 0 spiro atoms. The summed E-state index contributed by atoms with van der Waals surface area (Å²) >= 11 is 0. The summed E-state index contributed by atoms with van der Waals surface area (Å²) in [4.78, 5) is 11.7. The fourth-order valence-electron chi connectivity index (χ4n) is 2.05. The van der Waals surface area contributed by atoms with E-state index in [4.69, 9.17) is 9.47 Å². The SMILES string of the molecule is COc1ccccc1/C=C/C(=O)NCC1CCCO1. The first-order valence-electron chi connectivity index (χ1n) is 6.50. The number of ether oxygens (including phenoxy) is 2. The molecule has 102 valence electrons. The second kappa shape index (κ2) is 6.95. The molecule has 1 N–H and O–H groups in total. The van der Waals surface area contributed by atoms with Crippen LogP contribution in [0.2, 0.25) is 0 Å². The van der Waals surface area contributed by atoms with Crippen molar-refractivity contribution >= 4 is 12.0 Å². The van der Waals surface area contributed by atoms with Crippen molar-refractivity contribution in [2.45, 2.75) is 18.9 Å². The number of nitrogens with one attached hydrogen (secondary N) is 1. The summed E-state index contributed by atoms with van der Waals surface area (Å²) in [5, 5.41) is 2.84. The summed E-state index contributed by atoms with van der Waals surface area (Å²) in [6.45, 7) is 1.38. The van der Waals surface area contributed by atoms with Crippen LogP contribution in [0.1, 0.15) is 18.4 Å². The van der Waals surface area contributed by atoms with Gasteiger partial charge in [0.25, 0.3) is 0 Å². The van der Waals surface area contributed by atoms with Crippen molar-refractivity contribution in [1.82, 2.24) is 5.32 Å². The zero-order chi connectivity index (χ0) is 13.5. The number of amides is 1. The maximum Gasteiger partial charge on any atom is 0.244 e. The van der Waals surface area contributed by atoms with E-state index in [9.17, 15) is 4.79 Å². The summed E-state index contributed by atoms with van der Waals surface area (Å²) < 4.78 is 10.7. The highest BCUT2D eigenvalue weighted by molar-refractivity contribution is 5.92. The van der Waals surface area contributed by atoms with Gasteiger partial charge in [-0.3, -0.25) is 4.79 Å². The number of para-hydroxylation sites is 1. The van der Waals surface area contributed by atoms with Gasteiger partial charge in [0.1, 0.15) is 5.75 Å². The molecular formula is C15H19NO3. The molecule has 1 aliphatic rings. The first-order chi connectivity index (χ1) is 9.29. The van der Waals surface area contributed by atoms with E-state index < -0.39 is 0 Å². The molecule has 1 saturated heterocycles. The lowest BCUT2D eigenvalue weighted by atomic mass is 10.2. The molecule has 0 aliphatic carbocycles. The van der Waals surface area contributed by atoms with E-state index in [2.05, 4.69) is 5.32 Å². The van der Waals surface area contributed by atoms with Gasteiger partial charge >= 0.3 is 0 Å². The Morgan fingerprint density at radius 1 is 1.53 bits per heavy atom. The van der Waals surface area contributed by atoms with Crippen molar-refractivity contribution in [3.63, 3.8) is 0 Å². The van der Waals surface area contributed by atoms with Crippen LogP contribution in [0.25, 0.3) is 6.08 Å². The average Bonchev–Trinajstić information content (AvgIpc) is 2.96. The highest BCUT2D eigenvalue weighted by Gasteiger charge is 2.15. The zero-order valence-electron chi connectivity index (χ0n) is 11.1. The molecule has 0 bridgehead atoms. The highest BCUT2D eigenvalue weighted by atomic mass is 16.5. The Labute approximate surface area is 113 Å². The Kier molecular flexibility index (Phi) is 4.98. The quantitative estimate of drug-likeness (QED) is 0.825. The largest absolute Gasteiger partial charge is 0.496 e. The van der Waals surface area contributed by atoms with E-state index in [1.54, 1.807) is 13.2 Å². The number of rotatable bonds is 5. The molecule has 1 heterocycles. The maximum atomic E-state index is 11.7. The van der Waals surface area contributed by atoms with Crippen LogP contribution >= 0.6 is 0 Å². The Morgan fingerprint density at radius 2 is 2.37 bits per heavy atom. The van der Waals surface area contributed by atoms with Crippen molar-refractivity contribution < 1.29 is 14.3 Å². The van der Waals surface area contributed by atoms with E-state index >= 15 is 0 Å². The van der Waals surface area contributed by atoms with Crippen LogP contribution in [0.4, 0.5) is 0 Å². The molecule has 4 heteroatoms. The average molecular weight is 261 g/mol. The molecule has 4 nitrogen and oxygen atoms in total. The molecule has 0 aromatic heterocycles. The monoisotopic (exact) mass is 261 g/mol. The molecule has 2 rings (SSSR count). The van der Waals surface area contributed by atoms with Crippen molar-refractivity contribution in [3.8, 4) is 5.75 Å². The normalized spacial score (nSPS) is 18.7. The third-order valence-electron chi connectivity index (χ3n) is 3.08. The van der Waals surface area contributed by atoms with Gasteiger partial charge in [-0.05, 0) is 25.0 Å². The summed E-state index contributed by atoms with van der Waals surface area (Å²) in [5.41, 5.74) is 0.886. The molecule has 0 radical (unpaired) electrons. The molecule has 1 aromatic rings. The predicted octanol–water partition coefficient (Wildman–Crippen LogP) is 2.00. The van der Waals surface area contributed by atoms with Gasteiger partial charge in [-0.25, -0.2) is 0 Å². The minimum atomic E-state index is -0.110. The predicted molar refractivity (Wildman–Crippen MR) is 74.0 cm³/mol. The van der Waals surface area contributed by atoms with Gasteiger partial charge in [-0.1, -0.05) is 18.2 Å². The summed E-state index contributed by atoms with van der Waals surface area (Å²) in [5.74, 6) is 0.645. The van der Waals surface area contributed by atoms with E-state index in [0.717, 1.165) is 30.8 Å². The summed E-state index contributed by atoms with van der Waals surface area (Å²) in [6, 6.07) is 7.58. The fraction of sp³-hybridized carbons (Fsp3) is 0.400. The second-order valence-corrected chi connectivity index (χ2v) is 4.46. The molecular weight excluding hydrogens is 242 g/mol. The van der Waals surface area contributed by atoms with Crippen LogP contribution < -0.4 is 10.1 Å². The lowest BCUT2D eigenvalue weighted by Gasteiger charge is -2.09. The van der Waals surface area contributed by atoms with E-state index in [0.29, 0.717) is 6.54 Å². The molecule has 1 aliphatic heterocycles. The Bertz CT molecular complexity index is 450. The highest BCUT2D eigenvalue weighted by Crippen LogP contribution is 2.18. The van der Waals surface area contributed by atoms with Gasteiger partial charge in [-0.15, -0.1) is 0 Å².